The summed E-state index contributed by atoms with van der Waals surface area (Å²) in [7, 11) is -5.61. The molecule has 0 amide bonds. The number of allylic oxidation sites excluding steroid dienone is 1. The fourth-order valence-electron chi connectivity index (χ4n) is 5.79. The molecule has 292 valence electrons. The molecule has 56 heavy (non-hydrogen) atoms. The Morgan fingerprint density at radius 1 is 0.554 bits per heavy atom. The fraction of sp³-hybridized carbons (Fsp3) is 0.302. The van der Waals surface area contributed by atoms with Crippen molar-refractivity contribution in [3.63, 3.8) is 0 Å². The molecule has 2 fully saturated rings. The van der Waals surface area contributed by atoms with Crippen molar-refractivity contribution in [2.24, 2.45) is 5.92 Å². The molecule has 0 aromatic heterocycles. The van der Waals surface area contributed by atoms with Crippen molar-refractivity contribution in [3.8, 4) is 0 Å². The van der Waals surface area contributed by atoms with Gasteiger partial charge in [0.05, 0.1) is 16.5 Å². The van der Waals surface area contributed by atoms with Crippen LogP contribution in [0.4, 0.5) is 13.2 Å². The van der Waals surface area contributed by atoms with Gasteiger partial charge < -0.3 is 9.47 Å². The fourth-order valence-corrected chi connectivity index (χ4v) is 6.39. The van der Waals surface area contributed by atoms with E-state index in [0.29, 0.717) is 17.2 Å². The number of hydrogen-bond acceptors (Lipinski definition) is 7. The second-order valence-electron chi connectivity index (χ2n) is 12.8. The van der Waals surface area contributed by atoms with Crippen LogP contribution in [0.3, 0.4) is 0 Å². The Hall–Kier alpha value is -4.56. The van der Waals surface area contributed by atoms with Crippen molar-refractivity contribution in [3.05, 3.63) is 155 Å². The number of carbonyl (C=O) groups excluding carboxylic acids is 2. The standard InChI is InChI=1S/C21H22O2.C16H11F3O4S.C6H12.Al.B.HN/c22-21(19-14-8-3-9-15-19)23-20(18-12-6-2-7-13-18)16-17-10-4-1-5-11-17;17-16(18,19)24(21,22)11-14(12-7-3-1-4-8-12)23-15(20)13-9-5-2-6-10-13;1-2-4-6-5-3-1;;;/h2-3,6-9,12-17H,1,4-5,10-11H2;1-11H;1-6H2;;;1H/b20-16+;14-11+;;;;. The first-order valence-electron chi connectivity index (χ1n) is 18.2. The van der Waals surface area contributed by atoms with E-state index < -0.39 is 27.1 Å². The van der Waals surface area contributed by atoms with Gasteiger partial charge in [-0.2, -0.15) is 13.2 Å². The van der Waals surface area contributed by atoms with Crippen LogP contribution < -0.4 is 0 Å². The molecular weight excluding hydrogens is 753 g/mol. The predicted octanol–water partition coefficient (Wildman–Crippen LogP) is 11.1. The average molecular weight is 800 g/mol. The van der Waals surface area contributed by atoms with E-state index in [1.165, 1.54) is 119 Å². The van der Waals surface area contributed by atoms with Crippen LogP contribution in [-0.2, 0) is 19.3 Å². The second-order valence-corrected chi connectivity index (χ2v) is 14.6. The van der Waals surface area contributed by atoms with E-state index in [4.69, 9.17) is 13.8 Å². The Labute approximate surface area is 338 Å². The van der Waals surface area contributed by atoms with Crippen LogP contribution in [0.15, 0.2) is 133 Å². The molecule has 0 spiro atoms. The zero-order chi connectivity index (χ0) is 39.9. The number of carbonyl (C=O) groups is 2. The molecule has 4 aromatic rings. The summed E-state index contributed by atoms with van der Waals surface area (Å²) in [6.07, 6.45) is 17.3. The Balaban J connectivity index is 0.000000319. The van der Waals surface area contributed by atoms with E-state index in [1.54, 1.807) is 40.4 Å². The van der Waals surface area contributed by atoms with E-state index in [2.05, 4.69) is 6.08 Å². The van der Waals surface area contributed by atoms with E-state index in [-0.39, 0.29) is 30.9 Å². The van der Waals surface area contributed by atoms with Crippen molar-refractivity contribution in [1.29, 1.82) is 4.35 Å². The van der Waals surface area contributed by atoms with Gasteiger partial charge in [-0.1, -0.05) is 155 Å². The summed E-state index contributed by atoms with van der Waals surface area (Å²) >= 11 is 1.67. The minimum atomic E-state index is -5.61. The molecule has 0 atom stereocenters. The maximum atomic E-state index is 12.6. The molecule has 0 unspecified atom stereocenters. The number of benzene rings is 4. The molecule has 0 heterocycles. The first kappa shape index (κ1) is 47.6. The van der Waals surface area contributed by atoms with E-state index >= 15 is 0 Å². The summed E-state index contributed by atoms with van der Waals surface area (Å²) in [6, 6.07) is 33.7. The molecule has 4 radical (unpaired) electrons. The van der Waals surface area contributed by atoms with Crippen molar-refractivity contribution in [2.75, 3.05) is 0 Å². The Morgan fingerprint density at radius 2 is 0.857 bits per heavy atom. The Kier molecular flexibility index (Phi) is 21.7. The van der Waals surface area contributed by atoms with Crippen LogP contribution in [0, 0.1) is 10.3 Å². The van der Waals surface area contributed by atoms with Gasteiger partial charge in [0.25, 0.3) is 9.84 Å². The first-order chi connectivity index (χ1) is 26.5. The van der Waals surface area contributed by atoms with Crippen LogP contribution in [0.2, 0.25) is 0 Å². The van der Waals surface area contributed by atoms with E-state index in [0.717, 1.165) is 5.56 Å². The molecule has 6 rings (SSSR count). The number of ether oxygens (including phenoxy) is 2. The van der Waals surface area contributed by atoms with Crippen molar-refractivity contribution < 1.29 is 40.7 Å². The van der Waals surface area contributed by atoms with E-state index in [9.17, 15) is 31.2 Å². The number of rotatable bonds is 8. The second kappa shape index (κ2) is 25.6. The van der Waals surface area contributed by atoms with Crippen LogP contribution in [0.5, 0.6) is 0 Å². The van der Waals surface area contributed by atoms with Gasteiger partial charge in [-0.3, -0.25) is 0 Å². The number of halogens is 3. The predicted molar refractivity (Wildman–Crippen MR) is 216 cm³/mol. The SMILES string of the molecule is C1CCCCC1.O=C(O/C(=C/C1CCCCC1)c1ccccc1)c1ccccc1.O=C(O/C(=C/S(=O)(=O)C(F)(F)F)c1ccccc1)c1ccccc1.[B].[NH]=[Al]. The number of alkyl halides is 3. The molecule has 4 aromatic carbocycles. The molecule has 1 N–H and O–H groups in total. The van der Waals surface area contributed by atoms with Gasteiger partial charge in [-0.25, -0.2) is 18.0 Å². The number of esters is 2. The van der Waals surface area contributed by atoms with Crippen molar-refractivity contribution in [1.82, 2.24) is 0 Å². The molecule has 0 saturated heterocycles. The minimum absolute atomic E-state index is 0. The molecule has 0 aliphatic heterocycles. The maximum absolute atomic E-state index is 12.6. The van der Waals surface area contributed by atoms with Gasteiger partial charge >= 0.3 is 37.9 Å². The molecule has 13 heteroatoms. The summed E-state index contributed by atoms with van der Waals surface area (Å²) < 4.78 is 76.8. The number of nitrogens with one attached hydrogen (secondary N) is 1. The van der Waals surface area contributed by atoms with Crippen LogP contribution in [-0.4, -0.2) is 50.4 Å². The van der Waals surface area contributed by atoms with Gasteiger partial charge in [0.2, 0.25) is 0 Å². The molecule has 2 aliphatic rings. The number of hydrogen-bond donors (Lipinski definition) is 1. The van der Waals surface area contributed by atoms with Gasteiger partial charge in [0.1, 0.15) is 11.5 Å². The quantitative estimate of drug-likeness (QED) is 0.108. The normalized spacial score (nSPS) is 14.7. The molecule has 0 bridgehead atoms. The zero-order valence-electron chi connectivity index (χ0n) is 31.2. The monoisotopic (exact) mass is 799 g/mol. The summed E-state index contributed by atoms with van der Waals surface area (Å²) in [6.45, 7) is 0. The molecule has 7 nitrogen and oxygen atoms in total. The zero-order valence-corrected chi connectivity index (χ0v) is 33.2. The third-order valence-corrected chi connectivity index (χ3v) is 9.83. The summed E-state index contributed by atoms with van der Waals surface area (Å²) in [5, 5.41) is -0.0941. The third-order valence-electron chi connectivity index (χ3n) is 8.66. The summed E-state index contributed by atoms with van der Waals surface area (Å²) in [5.41, 5.74) is -3.86. The molecule has 2 saturated carbocycles. The summed E-state index contributed by atoms with van der Waals surface area (Å²) in [4.78, 5) is 24.4. The van der Waals surface area contributed by atoms with Crippen molar-refractivity contribution >= 4 is 57.8 Å². The van der Waals surface area contributed by atoms with Gasteiger partial charge in [-0.15, -0.1) is 0 Å². The molecule has 2 aliphatic carbocycles. The Morgan fingerprint density at radius 3 is 1.21 bits per heavy atom. The Bertz CT molecular complexity index is 1890. The summed E-state index contributed by atoms with van der Waals surface area (Å²) in [5.74, 6) is -0.782. The van der Waals surface area contributed by atoms with Crippen LogP contribution >= 0.6 is 0 Å². The van der Waals surface area contributed by atoms with Crippen LogP contribution in [0.25, 0.3) is 11.5 Å². The van der Waals surface area contributed by atoms with Gasteiger partial charge in [0, 0.05) is 19.5 Å². The van der Waals surface area contributed by atoms with Crippen molar-refractivity contribution in [2.45, 2.75) is 76.1 Å². The van der Waals surface area contributed by atoms with Gasteiger partial charge in [0.15, 0.2) is 0 Å². The molecular formula is C43H46AlBF3NO6S. The topological polar surface area (TPSA) is 111 Å². The first-order valence-corrected chi connectivity index (χ1v) is 20.3. The third kappa shape index (κ3) is 16.7. The van der Waals surface area contributed by atoms with Crippen LogP contribution in [0.1, 0.15) is 102 Å². The van der Waals surface area contributed by atoms with Gasteiger partial charge in [-0.05, 0) is 49.1 Å². The average Bonchev–Trinajstić information content (AvgIpc) is 3.23. The van der Waals surface area contributed by atoms with E-state index in [1.807, 2.05) is 48.5 Å². The number of sulfone groups is 1.